The van der Waals surface area contributed by atoms with Crippen LogP contribution in [0.25, 0.3) is 0 Å². The van der Waals surface area contributed by atoms with Crippen LogP contribution in [0.4, 0.5) is 27.7 Å². The first-order valence-corrected chi connectivity index (χ1v) is 6.20. The summed E-state index contributed by atoms with van der Waals surface area (Å²) in [5.41, 5.74) is 7.47. The maximum absolute atomic E-state index is 11.5. The Kier molecular flexibility index (Phi) is 4.39. The van der Waals surface area contributed by atoms with Crippen molar-refractivity contribution < 1.29 is 9.53 Å². The quantitative estimate of drug-likeness (QED) is 0.796. The van der Waals surface area contributed by atoms with Crippen LogP contribution in [0.5, 0.6) is 0 Å². The van der Waals surface area contributed by atoms with E-state index < -0.39 is 6.09 Å². The Labute approximate surface area is 117 Å². The number of nitrogens with two attached hydrogens (primary N) is 1. The van der Waals surface area contributed by atoms with E-state index in [0.717, 1.165) is 5.69 Å². The molecule has 6 nitrogen and oxygen atoms in total. The number of hydrogen-bond acceptors (Lipinski definition) is 5. The molecule has 1 aromatic heterocycles. The Balaban J connectivity index is 2.21. The molecular weight excluding hydrogens is 256 g/mol. The molecule has 0 aliphatic heterocycles. The highest BCUT2D eigenvalue weighted by atomic mass is 16.5. The molecular formula is C14H16N4O2. The number of carbonyl (C=O) groups excluding carboxylic acids is 1. The van der Waals surface area contributed by atoms with Gasteiger partial charge in [-0.2, -0.15) is 0 Å². The largest absolute Gasteiger partial charge is 0.450 e. The molecule has 2 rings (SSSR count). The molecule has 104 valence electrons. The fraction of sp³-hybridized carbons (Fsp3) is 0.143. The lowest BCUT2D eigenvalue weighted by atomic mass is 10.3. The lowest BCUT2D eigenvalue weighted by Gasteiger charge is -2.12. The Bertz CT molecular complexity index is 587. The Morgan fingerprint density at radius 3 is 2.80 bits per heavy atom. The molecule has 6 heteroatoms. The number of ether oxygens (including phenoxy) is 1. The molecule has 0 saturated carbocycles. The first kappa shape index (κ1) is 13.7. The summed E-state index contributed by atoms with van der Waals surface area (Å²) in [4.78, 5) is 15.7. The average Bonchev–Trinajstić information content (AvgIpc) is 2.43. The van der Waals surface area contributed by atoms with Gasteiger partial charge in [-0.15, -0.1) is 0 Å². The highest BCUT2D eigenvalue weighted by Crippen LogP contribution is 2.25. The first-order chi connectivity index (χ1) is 9.69. The second-order valence-electron chi connectivity index (χ2n) is 4.00. The summed E-state index contributed by atoms with van der Waals surface area (Å²) in [6.45, 7) is 2.03. The van der Waals surface area contributed by atoms with Gasteiger partial charge in [-0.1, -0.05) is 18.2 Å². The summed E-state index contributed by atoms with van der Waals surface area (Å²) in [5, 5.41) is 5.72. The predicted octanol–water partition coefficient (Wildman–Crippen LogP) is 2.98. The molecule has 0 bridgehead atoms. The number of hydrogen-bond donors (Lipinski definition) is 3. The van der Waals surface area contributed by atoms with Crippen LogP contribution < -0.4 is 16.4 Å². The minimum atomic E-state index is -0.545. The third-order valence-corrected chi connectivity index (χ3v) is 2.46. The Hall–Kier alpha value is -2.76. The van der Waals surface area contributed by atoms with Gasteiger partial charge >= 0.3 is 6.09 Å². The third-order valence-electron chi connectivity index (χ3n) is 2.46. The van der Waals surface area contributed by atoms with Crippen LogP contribution in [-0.2, 0) is 4.74 Å². The summed E-state index contributed by atoms with van der Waals surface area (Å²) in [7, 11) is 0. The molecule has 0 saturated heterocycles. The smallest absolute Gasteiger partial charge is 0.411 e. The number of benzene rings is 1. The number of aromatic nitrogens is 1. The SMILES string of the molecule is CCOC(=O)Nc1cc(N)cnc1Nc1ccccc1. The maximum Gasteiger partial charge on any atom is 0.411 e. The molecule has 1 amide bonds. The van der Waals surface area contributed by atoms with Crippen LogP contribution in [-0.4, -0.2) is 17.7 Å². The normalized spacial score (nSPS) is 9.85. The van der Waals surface area contributed by atoms with Gasteiger partial charge in [0.05, 0.1) is 24.2 Å². The molecule has 20 heavy (non-hydrogen) atoms. The molecule has 0 aliphatic carbocycles. The molecule has 0 spiro atoms. The zero-order valence-electron chi connectivity index (χ0n) is 11.1. The van der Waals surface area contributed by atoms with Crippen molar-refractivity contribution in [3.05, 3.63) is 42.6 Å². The number of para-hydroxylation sites is 1. The van der Waals surface area contributed by atoms with Crippen LogP contribution in [0.15, 0.2) is 42.6 Å². The fourth-order valence-electron chi connectivity index (χ4n) is 1.61. The molecule has 1 aromatic carbocycles. The van der Waals surface area contributed by atoms with Gasteiger partial charge < -0.3 is 15.8 Å². The molecule has 0 atom stereocenters. The second-order valence-corrected chi connectivity index (χ2v) is 4.00. The van der Waals surface area contributed by atoms with Crippen molar-refractivity contribution in [2.75, 3.05) is 23.0 Å². The summed E-state index contributed by atoms with van der Waals surface area (Å²) in [5.74, 6) is 0.499. The zero-order valence-corrected chi connectivity index (χ0v) is 11.1. The number of rotatable bonds is 4. The maximum atomic E-state index is 11.5. The number of anilines is 4. The monoisotopic (exact) mass is 272 g/mol. The standard InChI is InChI=1S/C14H16N4O2/c1-2-20-14(19)18-12-8-10(15)9-16-13(12)17-11-6-4-3-5-7-11/h3-9H,2,15H2,1H3,(H,16,17)(H,18,19). The Morgan fingerprint density at radius 1 is 1.35 bits per heavy atom. The van der Waals surface area contributed by atoms with E-state index in [0.29, 0.717) is 23.8 Å². The van der Waals surface area contributed by atoms with E-state index in [2.05, 4.69) is 15.6 Å². The molecule has 0 fully saturated rings. The van der Waals surface area contributed by atoms with E-state index in [1.807, 2.05) is 30.3 Å². The highest BCUT2D eigenvalue weighted by Gasteiger charge is 2.09. The third kappa shape index (κ3) is 3.61. The van der Waals surface area contributed by atoms with Crippen molar-refractivity contribution in [3.8, 4) is 0 Å². The number of nitrogens with zero attached hydrogens (tertiary/aromatic N) is 1. The summed E-state index contributed by atoms with van der Waals surface area (Å²) in [6, 6.07) is 11.1. The molecule has 4 N–H and O–H groups in total. The summed E-state index contributed by atoms with van der Waals surface area (Å²) >= 11 is 0. The van der Waals surface area contributed by atoms with Gasteiger partial charge in [0.2, 0.25) is 0 Å². The van der Waals surface area contributed by atoms with Crippen molar-refractivity contribution >= 4 is 29.0 Å². The topological polar surface area (TPSA) is 89.3 Å². The number of nitrogen functional groups attached to an aromatic ring is 1. The number of nitrogens with one attached hydrogen (secondary N) is 2. The van der Waals surface area contributed by atoms with Crippen molar-refractivity contribution in [1.29, 1.82) is 0 Å². The Morgan fingerprint density at radius 2 is 2.10 bits per heavy atom. The minimum Gasteiger partial charge on any atom is -0.450 e. The molecule has 1 heterocycles. The molecule has 0 radical (unpaired) electrons. The van der Waals surface area contributed by atoms with Crippen LogP contribution in [0.1, 0.15) is 6.92 Å². The van der Waals surface area contributed by atoms with E-state index in [-0.39, 0.29) is 0 Å². The summed E-state index contributed by atoms with van der Waals surface area (Å²) < 4.78 is 4.84. The van der Waals surface area contributed by atoms with Crippen molar-refractivity contribution in [3.63, 3.8) is 0 Å². The van der Waals surface area contributed by atoms with E-state index >= 15 is 0 Å². The summed E-state index contributed by atoms with van der Waals surface area (Å²) in [6.07, 6.45) is 0.970. The van der Waals surface area contributed by atoms with E-state index in [4.69, 9.17) is 10.5 Å². The minimum absolute atomic E-state index is 0.295. The van der Waals surface area contributed by atoms with Gasteiger partial charge in [-0.25, -0.2) is 9.78 Å². The van der Waals surface area contributed by atoms with Crippen LogP contribution in [0.2, 0.25) is 0 Å². The van der Waals surface area contributed by atoms with Crippen LogP contribution in [0, 0.1) is 0 Å². The number of amides is 1. The van der Waals surface area contributed by atoms with Gasteiger partial charge in [0, 0.05) is 5.69 Å². The first-order valence-electron chi connectivity index (χ1n) is 6.20. The van der Waals surface area contributed by atoms with Crippen molar-refractivity contribution in [2.24, 2.45) is 0 Å². The molecule has 2 aromatic rings. The zero-order chi connectivity index (χ0) is 14.4. The van der Waals surface area contributed by atoms with E-state index in [1.165, 1.54) is 6.20 Å². The van der Waals surface area contributed by atoms with Gasteiger partial charge in [0.25, 0.3) is 0 Å². The van der Waals surface area contributed by atoms with Gasteiger partial charge in [0.15, 0.2) is 5.82 Å². The van der Waals surface area contributed by atoms with Gasteiger partial charge in [0.1, 0.15) is 0 Å². The lowest BCUT2D eigenvalue weighted by molar-refractivity contribution is 0.168. The van der Waals surface area contributed by atoms with E-state index in [9.17, 15) is 4.79 Å². The van der Waals surface area contributed by atoms with Gasteiger partial charge in [-0.3, -0.25) is 5.32 Å². The molecule has 0 unspecified atom stereocenters. The second kappa shape index (κ2) is 6.42. The average molecular weight is 272 g/mol. The predicted molar refractivity (Wildman–Crippen MR) is 79.0 cm³/mol. The number of carbonyl (C=O) groups is 1. The lowest BCUT2D eigenvalue weighted by Crippen LogP contribution is -2.15. The van der Waals surface area contributed by atoms with Crippen molar-refractivity contribution in [1.82, 2.24) is 4.98 Å². The van der Waals surface area contributed by atoms with Crippen LogP contribution >= 0.6 is 0 Å². The fourth-order valence-corrected chi connectivity index (χ4v) is 1.61. The van der Waals surface area contributed by atoms with Crippen molar-refractivity contribution in [2.45, 2.75) is 6.92 Å². The van der Waals surface area contributed by atoms with E-state index in [1.54, 1.807) is 13.0 Å². The molecule has 0 aliphatic rings. The highest BCUT2D eigenvalue weighted by molar-refractivity contribution is 5.90. The number of pyridine rings is 1. The van der Waals surface area contributed by atoms with Crippen LogP contribution in [0.3, 0.4) is 0 Å². The van der Waals surface area contributed by atoms with Gasteiger partial charge in [-0.05, 0) is 25.1 Å².